The quantitative estimate of drug-likeness (QED) is 0.888. The Bertz CT molecular complexity index is 636. The number of benzene rings is 1. The van der Waals surface area contributed by atoms with Crippen molar-refractivity contribution in [2.24, 2.45) is 0 Å². The Kier molecular flexibility index (Phi) is 4.29. The summed E-state index contributed by atoms with van der Waals surface area (Å²) in [6.45, 7) is 2.21. The number of rotatable bonds is 5. The van der Waals surface area contributed by atoms with Crippen LogP contribution in [-0.4, -0.2) is 22.5 Å². The summed E-state index contributed by atoms with van der Waals surface area (Å²) in [6.07, 6.45) is 8.34. The third-order valence-electron chi connectivity index (χ3n) is 4.96. The zero-order chi connectivity index (χ0) is 15.5. The molecule has 0 spiro atoms. The molecular weight excluding hydrogens is 282 g/mol. The fourth-order valence-electron chi connectivity index (χ4n) is 3.58. The van der Waals surface area contributed by atoms with Crippen LogP contribution < -0.4 is 5.32 Å². The second kappa shape index (κ2) is 6.71. The smallest absolute Gasteiger partial charge is 0.130 e. The lowest BCUT2D eigenvalue weighted by Crippen LogP contribution is -2.33. The van der Waals surface area contributed by atoms with Gasteiger partial charge in [-0.1, -0.05) is 42.8 Å². The lowest BCUT2D eigenvalue weighted by molar-refractivity contribution is 0.140. The minimum Gasteiger partial charge on any atom is -0.367 e. The monoisotopic (exact) mass is 307 g/mol. The van der Waals surface area contributed by atoms with Crippen molar-refractivity contribution in [2.45, 2.75) is 50.7 Å². The summed E-state index contributed by atoms with van der Waals surface area (Å²) in [6, 6.07) is 16.3. The van der Waals surface area contributed by atoms with Gasteiger partial charge in [0.15, 0.2) is 0 Å². The Morgan fingerprint density at radius 1 is 1.00 bits per heavy atom. The van der Waals surface area contributed by atoms with Gasteiger partial charge in [0.05, 0.1) is 0 Å². The summed E-state index contributed by atoms with van der Waals surface area (Å²) in [5, 5.41) is 3.63. The molecule has 2 aromatic rings. The van der Waals surface area contributed by atoms with Gasteiger partial charge < -0.3 is 5.32 Å². The van der Waals surface area contributed by atoms with Gasteiger partial charge in [-0.25, -0.2) is 4.98 Å². The number of nitrogens with one attached hydrogen (secondary N) is 1. The number of likely N-dealkylation sites (tertiary alicyclic amines) is 1. The Balaban J connectivity index is 1.57. The maximum atomic E-state index is 4.64. The molecule has 0 bridgehead atoms. The Morgan fingerprint density at radius 2 is 1.87 bits per heavy atom. The van der Waals surface area contributed by atoms with E-state index in [0.29, 0.717) is 12.1 Å². The van der Waals surface area contributed by atoms with Crippen molar-refractivity contribution < 1.29 is 0 Å². The van der Waals surface area contributed by atoms with Crippen LogP contribution in [-0.2, 0) is 6.54 Å². The molecular formula is C20H25N3. The van der Waals surface area contributed by atoms with E-state index < -0.39 is 0 Å². The Labute approximate surface area is 138 Å². The van der Waals surface area contributed by atoms with Gasteiger partial charge in [-0.3, -0.25) is 4.90 Å². The van der Waals surface area contributed by atoms with Crippen LogP contribution in [0.1, 0.15) is 49.3 Å². The van der Waals surface area contributed by atoms with Crippen LogP contribution in [0.2, 0.25) is 0 Å². The van der Waals surface area contributed by atoms with E-state index in [1.165, 1.54) is 49.8 Å². The summed E-state index contributed by atoms with van der Waals surface area (Å²) >= 11 is 0. The normalized spacial score (nSPS) is 22.0. The highest BCUT2D eigenvalue weighted by molar-refractivity contribution is 5.47. The number of pyridine rings is 1. The summed E-state index contributed by atoms with van der Waals surface area (Å²) in [5.74, 6) is 1.11. The molecule has 2 heterocycles. The molecule has 3 heteroatoms. The highest BCUT2D eigenvalue weighted by Gasteiger charge is 2.28. The maximum absolute atomic E-state index is 4.64. The number of hydrogen-bond acceptors (Lipinski definition) is 3. The van der Waals surface area contributed by atoms with E-state index in [9.17, 15) is 0 Å². The molecule has 1 aromatic carbocycles. The zero-order valence-corrected chi connectivity index (χ0v) is 13.6. The van der Waals surface area contributed by atoms with E-state index in [-0.39, 0.29) is 0 Å². The fourth-order valence-corrected chi connectivity index (χ4v) is 3.58. The van der Waals surface area contributed by atoms with Crippen LogP contribution in [0.4, 0.5) is 5.82 Å². The van der Waals surface area contributed by atoms with Gasteiger partial charge in [0.25, 0.3) is 0 Å². The van der Waals surface area contributed by atoms with Crippen molar-refractivity contribution in [3.05, 3.63) is 59.8 Å². The summed E-state index contributed by atoms with van der Waals surface area (Å²) < 4.78 is 0. The first-order valence-electron chi connectivity index (χ1n) is 8.89. The van der Waals surface area contributed by atoms with E-state index in [0.717, 1.165) is 12.4 Å². The molecule has 1 saturated carbocycles. The van der Waals surface area contributed by atoms with E-state index in [4.69, 9.17) is 0 Å². The summed E-state index contributed by atoms with van der Waals surface area (Å²) in [4.78, 5) is 7.27. The van der Waals surface area contributed by atoms with Crippen LogP contribution >= 0.6 is 0 Å². The minimum absolute atomic E-state index is 0.485. The van der Waals surface area contributed by atoms with Gasteiger partial charge in [-0.15, -0.1) is 0 Å². The molecule has 2 aliphatic rings. The number of hydrogen-bond donors (Lipinski definition) is 1. The molecule has 1 aliphatic carbocycles. The van der Waals surface area contributed by atoms with Gasteiger partial charge in [0, 0.05) is 30.4 Å². The molecule has 1 aliphatic heterocycles. The molecule has 1 unspecified atom stereocenters. The van der Waals surface area contributed by atoms with Crippen molar-refractivity contribution in [3.8, 4) is 0 Å². The largest absolute Gasteiger partial charge is 0.367 e. The molecule has 3 nitrogen and oxygen atoms in total. The first kappa shape index (κ1) is 14.7. The van der Waals surface area contributed by atoms with Crippen molar-refractivity contribution in [1.82, 2.24) is 9.88 Å². The van der Waals surface area contributed by atoms with Crippen LogP contribution in [0, 0.1) is 0 Å². The second-order valence-corrected chi connectivity index (χ2v) is 6.83. The van der Waals surface area contributed by atoms with Crippen molar-refractivity contribution in [2.75, 3.05) is 11.9 Å². The fraction of sp³-hybridized carbons (Fsp3) is 0.450. The predicted octanol–water partition coefficient (Wildman–Crippen LogP) is 4.38. The first-order chi connectivity index (χ1) is 11.4. The third kappa shape index (κ3) is 3.56. The van der Waals surface area contributed by atoms with Crippen LogP contribution in [0.25, 0.3) is 0 Å². The Morgan fingerprint density at radius 3 is 2.70 bits per heavy atom. The van der Waals surface area contributed by atoms with E-state index in [1.54, 1.807) is 0 Å². The van der Waals surface area contributed by atoms with Gasteiger partial charge >= 0.3 is 0 Å². The third-order valence-corrected chi connectivity index (χ3v) is 4.96. The van der Waals surface area contributed by atoms with Gasteiger partial charge in [0.2, 0.25) is 0 Å². The lowest BCUT2D eigenvalue weighted by atomic mass is 9.95. The molecule has 1 aromatic heterocycles. The molecule has 0 amide bonds. The molecule has 1 saturated heterocycles. The highest BCUT2D eigenvalue weighted by Crippen LogP contribution is 2.36. The van der Waals surface area contributed by atoms with Crippen LogP contribution in [0.15, 0.2) is 48.7 Å². The number of nitrogens with zero attached hydrogens (tertiary/aromatic N) is 2. The number of aromatic nitrogens is 1. The van der Waals surface area contributed by atoms with Crippen molar-refractivity contribution >= 4 is 5.82 Å². The summed E-state index contributed by atoms with van der Waals surface area (Å²) in [7, 11) is 0. The molecule has 0 radical (unpaired) electrons. The van der Waals surface area contributed by atoms with Gasteiger partial charge in [-0.05, 0) is 43.9 Å². The van der Waals surface area contributed by atoms with Crippen LogP contribution in [0.3, 0.4) is 0 Å². The topological polar surface area (TPSA) is 28.2 Å². The maximum Gasteiger partial charge on any atom is 0.130 e. The number of piperidine rings is 1. The first-order valence-corrected chi connectivity index (χ1v) is 8.89. The molecule has 1 N–H and O–H groups in total. The predicted molar refractivity (Wildman–Crippen MR) is 94.3 cm³/mol. The van der Waals surface area contributed by atoms with E-state index >= 15 is 0 Å². The van der Waals surface area contributed by atoms with Gasteiger partial charge in [-0.2, -0.15) is 0 Å². The van der Waals surface area contributed by atoms with Crippen LogP contribution in [0.5, 0.6) is 0 Å². The van der Waals surface area contributed by atoms with Crippen molar-refractivity contribution in [1.29, 1.82) is 0 Å². The summed E-state index contributed by atoms with van der Waals surface area (Å²) in [5.41, 5.74) is 2.79. The number of anilines is 1. The molecule has 120 valence electrons. The second-order valence-electron chi connectivity index (χ2n) is 6.83. The van der Waals surface area contributed by atoms with Crippen molar-refractivity contribution in [3.63, 3.8) is 0 Å². The Hall–Kier alpha value is -1.87. The average molecular weight is 307 g/mol. The molecule has 4 rings (SSSR count). The molecule has 23 heavy (non-hydrogen) atoms. The van der Waals surface area contributed by atoms with Gasteiger partial charge in [0.1, 0.15) is 5.82 Å². The SMILES string of the molecule is c1ccc(CN2CCCCC2c2cccnc2NC2CC2)cc1. The minimum atomic E-state index is 0.485. The molecule has 2 fully saturated rings. The lowest BCUT2D eigenvalue weighted by Gasteiger charge is -2.36. The highest BCUT2D eigenvalue weighted by atomic mass is 15.2. The molecule has 1 atom stereocenters. The standard InChI is InChI=1S/C20H25N3/c1-2-7-16(8-3-1)15-23-14-5-4-10-19(23)18-9-6-13-21-20(18)22-17-11-12-17/h1-3,6-9,13,17,19H,4-5,10-12,14-15H2,(H,21,22). The van der Waals surface area contributed by atoms with E-state index in [2.05, 4.69) is 57.7 Å². The zero-order valence-electron chi connectivity index (χ0n) is 13.6. The van der Waals surface area contributed by atoms with E-state index in [1.807, 2.05) is 6.20 Å². The average Bonchev–Trinajstić information content (AvgIpc) is 3.41.